The molecule has 2 aromatic carbocycles. The molecule has 1 fully saturated rings. The van der Waals surface area contributed by atoms with Gasteiger partial charge in [0.2, 0.25) is 5.91 Å². The number of benzene rings is 2. The van der Waals surface area contributed by atoms with E-state index in [1.807, 2.05) is 41.3 Å². The van der Waals surface area contributed by atoms with Crippen LogP contribution < -0.4 is 10.2 Å². The van der Waals surface area contributed by atoms with Crippen LogP contribution in [0.4, 0.5) is 5.82 Å². The highest BCUT2D eigenvalue weighted by molar-refractivity contribution is 7.28. The van der Waals surface area contributed by atoms with E-state index in [-0.39, 0.29) is 5.91 Å². The van der Waals surface area contributed by atoms with E-state index >= 15 is 0 Å². The third-order valence-electron chi connectivity index (χ3n) is 5.66. The zero-order chi connectivity index (χ0) is 21.2. The molecule has 0 radical (unpaired) electrons. The van der Waals surface area contributed by atoms with Crippen molar-refractivity contribution in [2.45, 2.75) is 6.42 Å². The van der Waals surface area contributed by atoms with Crippen molar-refractivity contribution < 1.29 is 4.79 Å². The number of nitrogens with zero attached hydrogens (tertiary/aromatic N) is 6. The third kappa shape index (κ3) is 4.14. The van der Waals surface area contributed by atoms with Crippen molar-refractivity contribution in [3.8, 4) is 11.1 Å². The molecule has 156 valence electrons. The van der Waals surface area contributed by atoms with Crippen LogP contribution in [-0.2, 0) is 11.2 Å². The van der Waals surface area contributed by atoms with E-state index in [2.05, 4.69) is 53.7 Å². The Morgan fingerprint density at radius 1 is 0.968 bits per heavy atom. The molecule has 2 aromatic heterocycles. The van der Waals surface area contributed by atoms with Gasteiger partial charge < -0.3 is 9.80 Å². The number of carbonyl (C=O) groups is 1. The highest BCUT2D eigenvalue weighted by atomic mass is 31.0. The van der Waals surface area contributed by atoms with E-state index in [9.17, 15) is 4.79 Å². The number of hydrogen-bond acceptors (Lipinski definition) is 5. The number of fused-ring (bicyclic) bond motifs is 1. The maximum absolute atomic E-state index is 12.9. The minimum absolute atomic E-state index is 0.164. The van der Waals surface area contributed by atoms with Crippen LogP contribution >= 0.6 is 9.24 Å². The van der Waals surface area contributed by atoms with Gasteiger partial charge in [-0.15, -0.1) is 24.5 Å². The van der Waals surface area contributed by atoms with Gasteiger partial charge in [-0.3, -0.25) is 4.79 Å². The lowest BCUT2D eigenvalue weighted by atomic mass is 10.0. The van der Waals surface area contributed by atoms with Gasteiger partial charge in [-0.05, 0) is 34.1 Å². The van der Waals surface area contributed by atoms with E-state index in [4.69, 9.17) is 0 Å². The predicted molar refractivity (Wildman–Crippen MR) is 125 cm³/mol. The van der Waals surface area contributed by atoms with E-state index < -0.39 is 0 Å². The van der Waals surface area contributed by atoms with Crippen molar-refractivity contribution in [1.29, 1.82) is 0 Å². The first-order valence-electron chi connectivity index (χ1n) is 10.3. The van der Waals surface area contributed by atoms with Gasteiger partial charge in [-0.1, -0.05) is 48.5 Å². The van der Waals surface area contributed by atoms with Crippen LogP contribution in [0.1, 0.15) is 5.56 Å². The van der Waals surface area contributed by atoms with Crippen LogP contribution in [0.25, 0.3) is 16.8 Å². The molecule has 0 bridgehead atoms. The molecule has 1 saturated heterocycles. The predicted octanol–water partition coefficient (Wildman–Crippen LogP) is 2.18. The van der Waals surface area contributed by atoms with E-state index in [1.165, 1.54) is 0 Å². The zero-order valence-electron chi connectivity index (χ0n) is 17.1. The molecule has 0 spiro atoms. The van der Waals surface area contributed by atoms with Gasteiger partial charge in [0.25, 0.3) is 0 Å². The Morgan fingerprint density at radius 2 is 1.77 bits per heavy atom. The minimum Gasteiger partial charge on any atom is -0.352 e. The molecule has 4 aromatic rings. The van der Waals surface area contributed by atoms with E-state index in [0.717, 1.165) is 46.5 Å². The van der Waals surface area contributed by atoms with Gasteiger partial charge in [-0.2, -0.15) is 4.52 Å². The van der Waals surface area contributed by atoms with Crippen molar-refractivity contribution in [2.75, 3.05) is 31.1 Å². The lowest BCUT2D eigenvalue weighted by molar-refractivity contribution is -0.130. The Labute approximate surface area is 182 Å². The molecular weight excluding hydrogens is 407 g/mol. The normalized spacial score (nSPS) is 14.2. The van der Waals surface area contributed by atoms with Crippen LogP contribution in [0, 0.1) is 0 Å². The number of carbonyl (C=O) groups excluding carboxylic acids is 1. The number of amides is 1. The van der Waals surface area contributed by atoms with Crippen molar-refractivity contribution in [3.05, 3.63) is 72.6 Å². The maximum Gasteiger partial charge on any atom is 0.227 e. The number of rotatable bonds is 4. The van der Waals surface area contributed by atoms with Crippen LogP contribution in [-0.4, -0.2) is 56.8 Å². The van der Waals surface area contributed by atoms with Crippen LogP contribution in [0.5, 0.6) is 0 Å². The smallest absolute Gasteiger partial charge is 0.227 e. The van der Waals surface area contributed by atoms with Gasteiger partial charge in [0.05, 0.1) is 6.42 Å². The molecule has 1 unspecified atom stereocenters. The number of aromatic nitrogens is 4. The van der Waals surface area contributed by atoms with Crippen molar-refractivity contribution in [2.24, 2.45) is 0 Å². The standard InChI is InChI=1S/C23H23N6OP/c30-23(15-17-6-7-20(31)19(14-17)18-4-2-1-3-5-18)28-12-10-27(11-13-28)22-9-8-21-25-24-16-29(21)26-22/h1-9,14,16H,10-13,15,31H2. The monoisotopic (exact) mass is 430 g/mol. The topological polar surface area (TPSA) is 66.6 Å². The fourth-order valence-electron chi connectivity index (χ4n) is 3.94. The quantitative estimate of drug-likeness (QED) is 0.465. The fraction of sp³-hybridized carbons (Fsp3) is 0.217. The summed E-state index contributed by atoms with van der Waals surface area (Å²) in [6.07, 6.45) is 2.01. The first kappa shape index (κ1) is 19.6. The molecule has 1 amide bonds. The summed E-state index contributed by atoms with van der Waals surface area (Å²) in [6, 6.07) is 20.4. The largest absolute Gasteiger partial charge is 0.352 e. The van der Waals surface area contributed by atoms with Crippen molar-refractivity contribution in [3.63, 3.8) is 0 Å². The first-order valence-corrected chi connectivity index (χ1v) is 10.9. The second-order valence-electron chi connectivity index (χ2n) is 7.66. The summed E-state index contributed by atoms with van der Waals surface area (Å²) in [5.41, 5.74) is 4.07. The average Bonchev–Trinajstić information content (AvgIpc) is 3.29. The second kappa shape index (κ2) is 8.44. The Kier molecular flexibility index (Phi) is 5.35. The Morgan fingerprint density at radius 3 is 2.58 bits per heavy atom. The second-order valence-corrected chi connectivity index (χ2v) is 8.28. The minimum atomic E-state index is 0.164. The average molecular weight is 430 g/mol. The number of anilines is 1. The molecule has 1 aliphatic heterocycles. The summed E-state index contributed by atoms with van der Waals surface area (Å²) in [5.74, 6) is 1.04. The Bertz CT molecular complexity index is 1220. The maximum atomic E-state index is 12.9. The number of hydrogen-bond donors (Lipinski definition) is 0. The van der Waals surface area contributed by atoms with Crippen molar-refractivity contribution >= 4 is 31.9 Å². The van der Waals surface area contributed by atoms with E-state index in [0.29, 0.717) is 19.5 Å². The lowest BCUT2D eigenvalue weighted by Crippen LogP contribution is -2.49. The summed E-state index contributed by atoms with van der Waals surface area (Å²) in [4.78, 5) is 17.1. The fourth-order valence-corrected chi connectivity index (χ4v) is 4.29. The zero-order valence-corrected chi connectivity index (χ0v) is 18.2. The summed E-state index contributed by atoms with van der Waals surface area (Å²) in [6.45, 7) is 2.89. The van der Waals surface area contributed by atoms with Crippen molar-refractivity contribution in [1.82, 2.24) is 24.7 Å². The Hall–Kier alpha value is -3.31. The highest BCUT2D eigenvalue weighted by Gasteiger charge is 2.22. The molecule has 7 nitrogen and oxygen atoms in total. The molecule has 3 heterocycles. The number of piperazine rings is 1. The molecule has 0 saturated carbocycles. The molecule has 8 heteroatoms. The molecular formula is C23H23N6OP. The van der Waals surface area contributed by atoms with Crippen LogP contribution in [0.15, 0.2) is 67.0 Å². The SMILES string of the molecule is O=C(Cc1ccc(P)c(-c2ccccc2)c1)N1CCN(c2ccc3nncn3n2)CC1. The third-order valence-corrected chi connectivity index (χ3v) is 6.17. The molecule has 31 heavy (non-hydrogen) atoms. The van der Waals surface area contributed by atoms with Crippen LogP contribution in [0.2, 0.25) is 0 Å². The highest BCUT2D eigenvalue weighted by Crippen LogP contribution is 2.21. The molecule has 1 aliphatic rings. The van der Waals surface area contributed by atoms with Gasteiger partial charge in [0, 0.05) is 26.2 Å². The Balaban J connectivity index is 1.24. The molecule has 1 atom stereocenters. The van der Waals surface area contributed by atoms with Gasteiger partial charge >= 0.3 is 0 Å². The van der Waals surface area contributed by atoms with Gasteiger partial charge in [0.15, 0.2) is 5.65 Å². The van der Waals surface area contributed by atoms with Gasteiger partial charge in [0.1, 0.15) is 12.1 Å². The van der Waals surface area contributed by atoms with E-state index in [1.54, 1.807) is 10.8 Å². The molecule has 5 rings (SSSR count). The first-order chi connectivity index (χ1) is 15.2. The summed E-state index contributed by atoms with van der Waals surface area (Å²) < 4.78 is 1.67. The summed E-state index contributed by atoms with van der Waals surface area (Å²) >= 11 is 0. The molecule has 0 N–H and O–H groups in total. The summed E-state index contributed by atoms with van der Waals surface area (Å²) in [7, 11) is 2.79. The lowest BCUT2D eigenvalue weighted by Gasteiger charge is -2.35. The van der Waals surface area contributed by atoms with Gasteiger partial charge in [-0.25, -0.2) is 0 Å². The summed E-state index contributed by atoms with van der Waals surface area (Å²) in [5, 5.41) is 13.5. The molecule has 0 aliphatic carbocycles. The van der Waals surface area contributed by atoms with Crippen LogP contribution in [0.3, 0.4) is 0 Å².